The third kappa shape index (κ3) is 6.34. The van der Waals surface area contributed by atoms with Crippen LogP contribution in [0.1, 0.15) is 44.2 Å². The highest BCUT2D eigenvalue weighted by Crippen LogP contribution is 2.29. The van der Waals surface area contributed by atoms with Crippen LogP contribution in [-0.2, 0) is 17.5 Å². The summed E-state index contributed by atoms with van der Waals surface area (Å²) in [6.45, 7) is 7.91. The average Bonchev–Trinajstić information content (AvgIpc) is 2.78. The van der Waals surface area contributed by atoms with Crippen LogP contribution in [0.3, 0.4) is 0 Å². The molecule has 2 rings (SSSR count). The highest BCUT2D eigenvalue weighted by Gasteiger charge is 2.30. The summed E-state index contributed by atoms with van der Waals surface area (Å²) in [6, 6.07) is 5.35. The molecule has 0 aliphatic carbocycles. The van der Waals surface area contributed by atoms with E-state index in [9.17, 15) is 18.0 Å². The van der Waals surface area contributed by atoms with Crippen molar-refractivity contribution >= 4 is 5.91 Å². The molecule has 0 aromatic heterocycles. The summed E-state index contributed by atoms with van der Waals surface area (Å²) >= 11 is 0. The second-order valence-electron chi connectivity index (χ2n) is 7.14. The van der Waals surface area contributed by atoms with Crippen LogP contribution >= 0.6 is 0 Å². The molecular weight excluding hydrogens is 329 g/mol. The van der Waals surface area contributed by atoms with Gasteiger partial charge < -0.3 is 4.90 Å². The summed E-state index contributed by atoms with van der Waals surface area (Å²) in [6.07, 6.45) is -1.90. The quantitative estimate of drug-likeness (QED) is 0.790. The third-order valence-corrected chi connectivity index (χ3v) is 4.56. The summed E-state index contributed by atoms with van der Waals surface area (Å²) in [5, 5.41) is 0. The van der Waals surface area contributed by atoms with Crippen LogP contribution in [0.4, 0.5) is 13.2 Å². The lowest BCUT2D eigenvalue weighted by atomic mass is 10.1. The molecule has 0 atom stereocenters. The van der Waals surface area contributed by atoms with Gasteiger partial charge in [0.1, 0.15) is 0 Å². The Morgan fingerprint density at radius 2 is 1.76 bits per heavy atom. The van der Waals surface area contributed by atoms with Crippen molar-refractivity contribution in [1.82, 2.24) is 9.80 Å². The number of nitrogens with zero attached hydrogens (tertiary/aromatic N) is 2. The summed E-state index contributed by atoms with van der Waals surface area (Å²) in [4.78, 5) is 16.4. The number of benzene rings is 1. The largest absolute Gasteiger partial charge is 0.416 e. The Morgan fingerprint density at radius 3 is 2.36 bits per heavy atom. The standard InChI is InChI=1S/C19H27F3N2O/c1-15(2)4-9-18(25)24-11-3-10-23(12-13-24)14-16-5-7-17(8-6-16)19(20,21)22/h5-8,15H,3-4,9-14H2,1-2H3. The molecule has 1 saturated heterocycles. The van der Waals surface area contributed by atoms with Crippen LogP contribution in [0.25, 0.3) is 0 Å². The van der Waals surface area contributed by atoms with Gasteiger partial charge in [0.25, 0.3) is 0 Å². The molecule has 0 spiro atoms. The highest BCUT2D eigenvalue weighted by atomic mass is 19.4. The molecule has 25 heavy (non-hydrogen) atoms. The van der Waals surface area contributed by atoms with E-state index in [4.69, 9.17) is 0 Å². The number of halogens is 3. The van der Waals surface area contributed by atoms with Crippen LogP contribution in [0.15, 0.2) is 24.3 Å². The first-order valence-electron chi connectivity index (χ1n) is 8.92. The van der Waals surface area contributed by atoms with Crippen LogP contribution in [0.5, 0.6) is 0 Å². The monoisotopic (exact) mass is 356 g/mol. The number of amides is 1. The van der Waals surface area contributed by atoms with E-state index in [1.54, 1.807) is 12.1 Å². The SMILES string of the molecule is CC(C)CCC(=O)N1CCCN(Cc2ccc(C(F)(F)F)cc2)CC1. The van der Waals surface area contributed by atoms with Gasteiger partial charge in [-0.25, -0.2) is 0 Å². The van der Waals surface area contributed by atoms with E-state index in [0.717, 1.165) is 50.2 Å². The predicted molar refractivity (Wildman–Crippen MR) is 92.0 cm³/mol. The maximum atomic E-state index is 12.6. The van der Waals surface area contributed by atoms with E-state index < -0.39 is 11.7 Å². The minimum atomic E-state index is -4.29. The minimum absolute atomic E-state index is 0.213. The fourth-order valence-electron chi connectivity index (χ4n) is 3.01. The molecule has 0 radical (unpaired) electrons. The molecule has 6 heteroatoms. The van der Waals surface area contributed by atoms with Gasteiger partial charge in [-0.05, 0) is 36.5 Å². The topological polar surface area (TPSA) is 23.6 Å². The Labute approximate surface area is 147 Å². The molecule has 1 heterocycles. The van der Waals surface area contributed by atoms with Gasteiger partial charge in [0, 0.05) is 39.1 Å². The number of hydrogen-bond acceptors (Lipinski definition) is 2. The molecule has 0 saturated carbocycles. The molecule has 0 N–H and O–H groups in total. The second-order valence-corrected chi connectivity index (χ2v) is 7.14. The molecule has 1 aliphatic rings. The Bertz CT molecular complexity index is 555. The zero-order valence-electron chi connectivity index (χ0n) is 15.0. The van der Waals surface area contributed by atoms with Crippen molar-refractivity contribution in [3.8, 4) is 0 Å². The molecule has 3 nitrogen and oxygen atoms in total. The first-order chi connectivity index (χ1) is 11.8. The maximum absolute atomic E-state index is 12.6. The second kappa shape index (κ2) is 8.70. The summed E-state index contributed by atoms with van der Waals surface area (Å²) in [7, 11) is 0. The van der Waals surface area contributed by atoms with Crippen molar-refractivity contribution in [2.24, 2.45) is 5.92 Å². The normalized spacial score (nSPS) is 17.0. The van der Waals surface area contributed by atoms with E-state index in [-0.39, 0.29) is 5.91 Å². The number of carbonyl (C=O) groups is 1. The van der Waals surface area contributed by atoms with Gasteiger partial charge >= 0.3 is 6.18 Å². The zero-order valence-corrected chi connectivity index (χ0v) is 15.0. The van der Waals surface area contributed by atoms with Gasteiger partial charge in [0.05, 0.1) is 5.56 Å². The Balaban J connectivity index is 1.85. The number of carbonyl (C=O) groups excluding carboxylic acids is 1. The van der Waals surface area contributed by atoms with E-state index >= 15 is 0 Å². The van der Waals surface area contributed by atoms with E-state index in [0.29, 0.717) is 25.4 Å². The Morgan fingerprint density at radius 1 is 1.08 bits per heavy atom. The fraction of sp³-hybridized carbons (Fsp3) is 0.632. The zero-order chi connectivity index (χ0) is 18.4. The van der Waals surface area contributed by atoms with Gasteiger partial charge in [-0.3, -0.25) is 9.69 Å². The lowest BCUT2D eigenvalue weighted by Crippen LogP contribution is -2.35. The number of rotatable bonds is 5. The summed E-state index contributed by atoms with van der Waals surface area (Å²) in [5.74, 6) is 0.733. The van der Waals surface area contributed by atoms with Gasteiger partial charge in [-0.1, -0.05) is 26.0 Å². The number of hydrogen-bond donors (Lipinski definition) is 0. The van der Waals surface area contributed by atoms with Crippen molar-refractivity contribution in [3.05, 3.63) is 35.4 Å². The molecule has 0 bridgehead atoms. The van der Waals surface area contributed by atoms with Crippen LogP contribution in [-0.4, -0.2) is 41.9 Å². The molecule has 140 valence electrons. The Kier molecular flexibility index (Phi) is 6.87. The van der Waals surface area contributed by atoms with Crippen LogP contribution < -0.4 is 0 Å². The van der Waals surface area contributed by atoms with Crippen molar-refractivity contribution in [1.29, 1.82) is 0 Å². The van der Waals surface area contributed by atoms with E-state index in [1.165, 1.54) is 0 Å². The summed E-state index contributed by atoms with van der Waals surface area (Å²) < 4.78 is 37.8. The number of alkyl halides is 3. The molecule has 1 fully saturated rings. The smallest absolute Gasteiger partial charge is 0.341 e. The van der Waals surface area contributed by atoms with Crippen LogP contribution in [0.2, 0.25) is 0 Å². The molecular formula is C19H27F3N2O. The molecule has 0 unspecified atom stereocenters. The van der Waals surface area contributed by atoms with E-state index in [2.05, 4.69) is 18.7 Å². The minimum Gasteiger partial charge on any atom is -0.341 e. The third-order valence-electron chi connectivity index (χ3n) is 4.56. The molecule has 1 aromatic carbocycles. The lowest BCUT2D eigenvalue weighted by Gasteiger charge is -2.22. The van der Waals surface area contributed by atoms with Crippen LogP contribution in [0, 0.1) is 5.92 Å². The van der Waals surface area contributed by atoms with Crippen molar-refractivity contribution in [2.75, 3.05) is 26.2 Å². The average molecular weight is 356 g/mol. The van der Waals surface area contributed by atoms with Gasteiger partial charge in [0.2, 0.25) is 5.91 Å². The van der Waals surface area contributed by atoms with Gasteiger partial charge in [-0.2, -0.15) is 13.2 Å². The Hall–Kier alpha value is -1.56. The highest BCUT2D eigenvalue weighted by molar-refractivity contribution is 5.76. The first-order valence-corrected chi connectivity index (χ1v) is 8.92. The van der Waals surface area contributed by atoms with Crippen molar-refractivity contribution < 1.29 is 18.0 Å². The van der Waals surface area contributed by atoms with Gasteiger partial charge in [-0.15, -0.1) is 0 Å². The summed E-state index contributed by atoms with van der Waals surface area (Å²) in [5.41, 5.74) is 0.252. The predicted octanol–water partition coefficient (Wildman–Crippen LogP) is 4.18. The molecule has 1 aromatic rings. The fourth-order valence-corrected chi connectivity index (χ4v) is 3.01. The van der Waals surface area contributed by atoms with E-state index in [1.807, 2.05) is 4.90 Å². The van der Waals surface area contributed by atoms with Gasteiger partial charge in [0.15, 0.2) is 0 Å². The molecule has 1 amide bonds. The maximum Gasteiger partial charge on any atom is 0.416 e. The lowest BCUT2D eigenvalue weighted by molar-refractivity contribution is -0.137. The molecule has 1 aliphatic heterocycles. The first kappa shape index (κ1) is 19.8. The van der Waals surface area contributed by atoms with Crippen molar-refractivity contribution in [2.45, 2.75) is 45.8 Å². The van der Waals surface area contributed by atoms with Crippen molar-refractivity contribution in [3.63, 3.8) is 0 Å².